The molecule has 1 saturated heterocycles. The molecule has 1 saturated carbocycles. The van der Waals surface area contributed by atoms with Crippen LogP contribution in [0.15, 0.2) is 24.3 Å². The van der Waals surface area contributed by atoms with Gasteiger partial charge in [0, 0.05) is 17.5 Å². The van der Waals surface area contributed by atoms with E-state index in [0.29, 0.717) is 18.2 Å². The number of nitrogens with zero attached hydrogens (tertiary/aromatic N) is 1. The molecule has 1 aromatic carbocycles. The Balaban J connectivity index is 1.92. The number of morpholine rings is 1. The maximum atomic E-state index is 12.7. The van der Waals surface area contributed by atoms with Crippen LogP contribution in [0.3, 0.4) is 0 Å². The van der Waals surface area contributed by atoms with Crippen LogP contribution in [-0.4, -0.2) is 41.8 Å². The van der Waals surface area contributed by atoms with Gasteiger partial charge in [-0.2, -0.15) is 0 Å². The summed E-state index contributed by atoms with van der Waals surface area (Å²) in [6, 6.07) is 7.18. The Morgan fingerprint density at radius 3 is 2.76 bits per heavy atom. The zero-order chi connectivity index (χ0) is 14.8. The summed E-state index contributed by atoms with van der Waals surface area (Å²) in [6.45, 7) is 0.900. The first kappa shape index (κ1) is 14.8. The third-order valence-electron chi connectivity index (χ3n) is 4.49. The normalized spacial score (nSPS) is 26.5. The number of benzene rings is 1. The molecule has 4 nitrogen and oxygen atoms in total. The molecule has 0 unspecified atom stereocenters. The third-order valence-corrected chi connectivity index (χ3v) is 4.84. The Labute approximate surface area is 129 Å². The number of carbonyl (C=O) groups excluding carboxylic acids is 1. The summed E-state index contributed by atoms with van der Waals surface area (Å²) >= 11 is 6.30. The second kappa shape index (κ2) is 6.34. The van der Waals surface area contributed by atoms with Crippen molar-refractivity contribution in [2.24, 2.45) is 5.92 Å². The van der Waals surface area contributed by atoms with Crippen LogP contribution in [0.4, 0.5) is 0 Å². The average Bonchev–Trinajstić information content (AvgIpc) is 2.45. The number of rotatable bonds is 3. The highest BCUT2D eigenvalue weighted by Crippen LogP contribution is 2.37. The first-order chi connectivity index (χ1) is 10.2. The number of halogens is 1. The number of amides is 1. The molecule has 0 aromatic heterocycles. The van der Waals surface area contributed by atoms with Crippen LogP contribution in [0.1, 0.15) is 30.9 Å². The molecule has 2 aliphatic rings. The molecule has 0 radical (unpaired) electrons. The van der Waals surface area contributed by atoms with Crippen molar-refractivity contribution in [1.82, 2.24) is 4.90 Å². The van der Waals surface area contributed by atoms with Crippen molar-refractivity contribution in [3.05, 3.63) is 34.9 Å². The van der Waals surface area contributed by atoms with Gasteiger partial charge in [-0.1, -0.05) is 36.2 Å². The van der Waals surface area contributed by atoms with Gasteiger partial charge < -0.3 is 14.7 Å². The number of aliphatic hydroxyl groups excluding tert-OH is 1. The fraction of sp³-hybridized carbons (Fsp3) is 0.562. The Kier molecular flexibility index (Phi) is 4.48. The molecule has 5 heteroatoms. The van der Waals surface area contributed by atoms with E-state index >= 15 is 0 Å². The highest BCUT2D eigenvalue weighted by Gasteiger charge is 2.40. The summed E-state index contributed by atoms with van der Waals surface area (Å²) in [5.74, 6) is 0.306. The van der Waals surface area contributed by atoms with E-state index in [-0.39, 0.29) is 24.5 Å². The predicted molar refractivity (Wildman–Crippen MR) is 80.1 cm³/mol. The van der Waals surface area contributed by atoms with Gasteiger partial charge in [-0.3, -0.25) is 4.79 Å². The predicted octanol–water partition coefficient (Wildman–Crippen LogP) is 2.40. The van der Waals surface area contributed by atoms with Gasteiger partial charge >= 0.3 is 0 Å². The van der Waals surface area contributed by atoms with Crippen molar-refractivity contribution >= 4 is 17.5 Å². The molecular formula is C16H20ClNO3. The van der Waals surface area contributed by atoms with Crippen LogP contribution in [0.25, 0.3) is 0 Å². The van der Waals surface area contributed by atoms with Crippen molar-refractivity contribution in [2.75, 3.05) is 19.8 Å². The lowest BCUT2D eigenvalue weighted by molar-refractivity contribution is -0.156. The van der Waals surface area contributed by atoms with Crippen LogP contribution in [0, 0.1) is 5.92 Å². The highest BCUT2D eigenvalue weighted by molar-refractivity contribution is 6.31. The third kappa shape index (κ3) is 2.80. The van der Waals surface area contributed by atoms with E-state index in [1.807, 2.05) is 29.2 Å². The summed E-state index contributed by atoms with van der Waals surface area (Å²) < 4.78 is 5.66. The molecule has 1 aliphatic heterocycles. The molecule has 1 heterocycles. The molecule has 0 spiro atoms. The van der Waals surface area contributed by atoms with E-state index in [1.54, 1.807) is 0 Å². The summed E-state index contributed by atoms with van der Waals surface area (Å²) in [6.07, 6.45) is 2.65. The van der Waals surface area contributed by atoms with E-state index in [0.717, 1.165) is 24.8 Å². The standard InChI is InChI=1S/C16H20ClNO3/c17-13-7-2-1-6-12(13)15-14(10-19)21-9-8-18(15)16(20)11-4-3-5-11/h1-2,6-7,11,14-15,19H,3-5,8-10H2/t14-,15-/m0/s1. The van der Waals surface area contributed by atoms with Crippen LogP contribution < -0.4 is 0 Å². The summed E-state index contributed by atoms with van der Waals surface area (Å²) in [5, 5.41) is 10.2. The van der Waals surface area contributed by atoms with Crippen molar-refractivity contribution in [1.29, 1.82) is 0 Å². The minimum Gasteiger partial charge on any atom is -0.394 e. The topological polar surface area (TPSA) is 49.8 Å². The van der Waals surface area contributed by atoms with Gasteiger partial charge in [0.05, 0.1) is 19.3 Å². The van der Waals surface area contributed by atoms with Gasteiger partial charge in [0.15, 0.2) is 0 Å². The van der Waals surface area contributed by atoms with Gasteiger partial charge in [0.1, 0.15) is 6.10 Å². The Morgan fingerprint density at radius 2 is 2.14 bits per heavy atom. The van der Waals surface area contributed by atoms with E-state index in [1.165, 1.54) is 0 Å². The van der Waals surface area contributed by atoms with E-state index in [4.69, 9.17) is 16.3 Å². The number of hydrogen-bond acceptors (Lipinski definition) is 3. The van der Waals surface area contributed by atoms with Gasteiger partial charge in [-0.25, -0.2) is 0 Å². The van der Waals surface area contributed by atoms with E-state index < -0.39 is 6.10 Å². The lowest BCUT2D eigenvalue weighted by atomic mass is 9.83. The van der Waals surface area contributed by atoms with Crippen molar-refractivity contribution in [3.8, 4) is 0 Å². The highest BCUT2D eigenvalue weighted by atomic mass is 35.5. The number of ether oxygens (including phenoxy) is 1. The van der Waals surface area contributed by atoms with Gasteiger partial charge in [-0.05, 0) is 24.5 Å². The van der Waals surface area contributed by atoms with Gasteiger partial charge in [0.2, 0.25) is 5.91 Å². The molecule has 1 aliphatic carbocycles. The summed E-state index contributed by atoms with van der Waals surface area (Å²) in [7, 11) is 0. The van der Waals surface area contributed by atoms with Crippen molar-refractivity contribution in [2.45, 2.75) is 31.4 Å². The fourth-order valence-electron chi connectivity index (χ4n) is 3.11. The maximum Gasteiger partial charge on any atom is 0.226 e. The second-order valence-corrected chi connectivity index (χ2v) is 6.12. The van der Waals surface area contributed by atoms with Crippen molar-refractivity contribution in [3.63, 3.8) is 0 Å². The Hall–Kier alpha value is -1.10. The van der Waals surface area contributed by atoms with Crippen LogP contribution in [0.5, 0.6) is 0 Å². The molecule has 1 N–H and O–H groups in total. The van der Waals surface area contributed by atoms with Crippen molar-refractivity contribution < 1.29 is 14.6 Å². The molecule has 1 amide bonds. The fourth-order valence-corrected chi connectivity index (χ4v) is 3.35. The first-order valence-electron chi connectivity index (χ1n) is 7.49. The summed E-state index contributed by atoms with van der Waals surface area (Å²) in [4.78, 5) is 14.5. The second-order valence-electron chi connectivity index (χ2n) is 5.72. The zero-order valence-corrected chi connectivity index (χ0v) is 12.6. The largest absolute Gasteiger partial charge is 0.394 e. The van der Waals surface area contributed by atoms with Crippen LogP contribution in [0.2, 0.25) is 5.02 Å². The SMILES string of the molecule is O=C(C1CCC1)N1CCO[C@@H](CO)[C@@H]1c1ccccc1Cl. The molecule has 1 aromatic rings. The Morgan fingerprint density at radius 1 is 1.38 bits per heavy atom. The zero-order valence-electron chi connectivity index (χ0n) is 11.9. The average molecular weight is 310 g/mol. The number of carbonyl (C=O) groups is 1. The van der Waals surface area contributed by atoms with E-state index in [2.05, 4.69) is 0 Å². The molecule has 21 heavy (non-hydrogen) atoms. The molecule has 0 bridgehead atoms. The molecule has 114 valence electrons. The number of hydrogen-bond donors (Lipinski definition) is 1. The molecular weight excluding hydrogens is 290 g/mol. The summed E-state index contributed by atoms with van der Waals surface area (Å²) in [5.41, 5.74) is 0.852. The molecule has 2 atom stereocenters. The first-order valence-corrected chi connectivity index (χ1v) is 7.87. The quantitative estimate of drug-likeness (QED) is 0.933. The lowest BCUT2D eigenvalue weighted by Gasteiger charge is -2.43. The van der Waals surface area contributed by atoms with E-state index in [9.17, 15) is 9.90 Å². The monoisotopic (exact) mass is 309 g/mol. The maximum absolute atomic E-state index is 12.7. The van der Waals surface area contributed by atoms with Crippen LogP contribution >= 0.6 is 11.6 Å². The molecule has 3 rings (SSSR count). The Bertz CT molecular complexity index is 518. The minimum absolute atomic E-state index is 0.121. The lowest BCUT2D eigenvalue weighted by Crippen LogP contribution is -2.52. The van der Waals surface area contributed by atoms with Crippen LogP contribution in [-0.2, 0) is 9.53 Å². The number of aliphatic hydroxyl groups is 1. The van der Waals surface area contributed by atoms with Gasteiger partial charge in [0.25, 0.3) is 0 Å². The van der Waals surface area contributed by atoms with Gasteiger partial charge in [-0.15, -0.1) is 0 Å². The molecule has 2 fully saturated rings. The smallest absolute Gasteiger partial charge is 0.226 e. The minimum atomic E-state index is -0.414.